The fourth-order valence-electron chi connectivity index (χ4n) is 0.760. The summed E-state index contributed by atoms with van der Waals surface area (Å²) in [7, 11) is 0. The molecule has 84 valence electrons. The van der Waals surface area contributed by atoms with Crippen molar-refractivity contribution in [2.75, 3.05) is 0 Å². The zero-order chi connectivity index (χ0) is 11.3. The van der Waals surface area contributed by atoms with Crippen LogP contribution in [0.25, 0.3) is 0 Å². The molecule has 2 nitrogen and oxygen atoms in total. The highest BCUT2D eigenvalue weighted by molar-refractivity contribution is 4.63. The second-order valence-electron chi connectivity index (χ2n) is 2.33. The zero-order valence-electron chi connectivity index (χ0n) is 10.2. The van der Waals surface area contributed by atoms with Crippen LogP contribution < -0.4 is 0 Å². The monoisotopic (exact) mass is 192 g/mol. The van der Waals surface area contributed by atoms with E-state index in [4.69, 9.17) is 10.2 Å². The van der Waals surface area contributed by atoms with Crippen molar-refractivity contribution >= 4 is 0 Å². The Balaban J connectivity index is -0.000000218. The Morgan fingerprint density at radius 2 is 1.23 bits per heavy atom. The first-order chi connectivity index (χ1) is 6.22. The number of hydrogen-bond acceptors (Lipinski definition) is 2. The smallest absolute Gasteiger partial charge is 0.0798 e. The van der Waals surface area contributed by atoms with Crippen molar-refractivity contribution in [2.45, 2.75) is 73.0 Å². The van der Waals surface area contributed by atoms with Gasteiger partial charge >= 0.3 is 0 Å². The molecule has 2 atom stereocenters. The summed E-state index contributed by atoms with van der Waals surface area (Å²) >= 11 is 0. The van der Waals surface area contributed by atoms with Gasteiger partial charge in [0.25, 0.3) is 0 Å². The predicted molar refractivity (Wildman–Crippen MR) is 59.9 cm³/mol. The Kier molecular flexibility index (Phi) is 25.6. The summed E-state index contributed by atoms with van der Waals surface area (Å²) in [5.41, 5.74) is 0. The van der Waals surface area contributed by atoms with Gasteiger partial charge in [0.2, 0.25) is 0 Å². The first-order valence-electron chi connectivity index (χ1n) is 5.58. The molecule has 2 unspecified atom stereocenters. The van der Waals surface area contributed by atoms with Crippen molar-refractivity contribution in [3.63, 3.8) is 0 Å². The molecule has 0 aliphatic rings. The van der Waals surface area contributed by atoms with Crippen LogP contribution in [-0.4, -0.2) is 22.4 Å². The molecule has 0 radical (unpaired) electrons. The molecule has 0 spiro atoms. The average Bonchev–Trinajstić information content (AvgIpc) is 2.23. The standard InChI is InChI=1S/C7H16O2.2C2H6/c1-3-5-7(9)6(8)4-2;2*1-2/h6-9H,3-5H2,1-2H3;2*1-2H3. The van der Waals surface area contributed by atoms with Gasteiger partial charge in [-0.15, -0.1) is 0 Å². The highest BCUT2D eigenvalue weighted by atomic mass is 16.3. The molecular weight excluding hydrogens is 164 g/mol. The van der Waals surface area contributed by atoms with Crippen molar-refractivity contribution in [1.29, 1.82) is 0 Å². The maximum Gasteiger partial charge on any atom is 0.0798 e. The van der Waals surface area contributed by atoms with Crippen LogP contribution in [0.15, 0.2) is 0 Å². The number of hydrogen-bond donors (Lipinski definition) is 2. The SMILES string of the molecule is CC.CC.CCCC(O)C(O)CC. The molecule has 2 N–H and O–H groups in total. The van der Waals surface area contributed by atoms with E-state index in [1.54, 1.807) is 0 Å². The fraction of sp³-hybridized carbons (Fsp3) is 1.00. The molecule has 0 aliphatic heterocycles. The molecule has 13 heavy (non-hydrogen) atoms. The lowest BCUT2D eigenvalue weighted by atomic mass is 10.1. The van der Waals surface area contributed by atoms with Gasteiger partial charge in [0.15, 0.2) is 0 Å². The van der Waals surface area contributed by atoms with Gasteiger partial charge in [-0.2, -0.15) is 0 Å². The lowest BCUT2D eigenvalue weighted by Gasteiger charge is -2.14. The Bertz CT molecular complexity index is 65.1. The summed E-state index contributed by atoms with van der Waals surface area (Å²) in [6, 6.07) is 0. The van der Waals surface area contributed by atoms with Gasteiger partial charge in [-0.1, -0.05) is 48.0 Å². The fourth-order valence-corrected chi connectivity index (χ4v) is 0.760. The van der Waals surface area contributed by atoms with Crippen molar-refractivity contribution in [1.82, 2.24) is 0 Å². The van der Waals surface area contributed by atoms with E-state index < -0.39 is 12.2 Å². The van der Waals surface area contributed by atoms with Crippen LogP contribution in [0.5, 0.6) is 0 Å². The summed E-state index contributed by atoms with van der Waals surface area (Å²) in [4.78, 5) is 0. The Morgan fingerprint density at radius 1 is 0.846 bits per heavy atom. The lowest BCUT2D eigenvalue weighted by molar-refractivity contribution is 0.0124. The van der Waals surface area contributed by atoms with Gasteiger partial charge in [-0.3, -0.25) is 0 Å². The summed E-state index contributed by atoms with van der Waals surface area (Å²) in [6.45, 7) is 11.9. The van der Waals surface area contributed by atoms with Crippen LogP contribution in [0, 0.1) is 0 Å². The summed E-state index contributed by atoms with van der Waals surface area (Å²) in [6.07, 6.45) is 1.24. The number of aliphatic hydroxyl groups is 2. The molecule has 0 aromatic rings. The maximum absolute atomic E-state index is 9.07. The van der Waals surface area contributed by atoms with E-state index in [9.17, 15) is 0 Å². The van der Waals surface area contributed by atoms with Crippen molar-refractivity contribution < 1.29 is 10.2 Å². The van der Waals surface area contributed by atoms with Gasteiger partial charge < -0.3 is 10.2 Å². The quantitative estimate of drug-likeness (QED) is 0.719. The first kappa shape index (κ1) is 18.7. The molecule has 0 saturated heterocycles. The van der Waals surface area contributed by atoms with E-state index in [1.165, 1.54) is 0 Å². The number of rotatable bonds is 4. The van der Waals surface area contributed by atoms with Crippen LogP contribution in [-0.2, 0) is 0 Å². The van der Waals surface area contributed by atoms with Crippen LogP contribution in [0.3, 0.4) is 0 Å². The minimum absolute atomic E-state index is 0.514. The minimum atomic E-state index is -0.523. The summed E-state index contributed by atoms with van der Waals surface area (Å²) in [5.74, 6) is 0. The Labute approximate surface area is 84.0 Å². The Morgan fingerprint density at radius 3 is 1.46 bits per heavy atom. The molecule has 0 saturated carbocycles. The molecular formula is C11H28O2. The van der Waals surface area contributed by atoms with Crippen LogP contribution in [0.1, 0.15) is 60.8 Å². The molecule has 0 amide bonds. The van der Waals surface area contributed by atoms with E-state index in [0.29, 0.717) is 12.8 Å². The van der Waals surface area contributed by atoms with E-state index >= 15 is 0 Å². The molecule has 0 bridgehead atoms. The highest BCUT2D eigenvalue weighted by Gasteiger charge is 2.11. The van der Waals surface area contributed by atoms with E-state index in [1.807, 2.05) is 41.5 Å². The predicted octanol–water partition coefficient (Wildman–Crippen LogP) is 2.97. The molecule has 0 fully saturated rings. The molecule has 0 aliphatic carbocycles. The molecule has 0 aromatic carbocycles. The third-order valence-corrected chi connectivity index (χ3v) is 1.45. The van der Waals surface area contributed by atoms with Crippen LogP contribution in [0.4, 0.5) is 0 Å². The van der Waals surface area contributed by atoms with Gasteiger partial charge in [-0.25, -0.2) is 0 Å². The normalized spacial score (nSPS) is 12.9. The van der Waals surface area contributed by atoms with Crippen molar-refractivity contribution in [3.8, 4) is 0 Å². The first-order valence-corrected chi connectivity index (χ1v) is 5.58. The van der Waals surface area contributed by atoms with Crippen LogP contribution >= 0.6 is 0 Å². The highest BCUT2D eigenvalue weighted by Crippen LogP contribution is 2.04. The average molecular weight is 192 g/mol. The lowest BCUT2D eigenvalue weighted by Crippen LogP contribution is -2.24. The topological polar surface area (TPSA) is 40.5 Å². The second kappa shape index (κ2) is 17.9. The van der Waals surface area contributed by atoms with Crippen molar-refractivity contribution in [2.24, 2.45) is 0 Å². The van der Waals surface area contributed by atoms with Crippen LogP contribution in [0.2, 0.25) is 0 Å². The minimum Gasteiger partial charge on any atom is -0.390 e. The molecule has 2 heteroatoms. The van der Waals surface area contributed by atoms with E-state index in [0.717, 1.165) is 6.42 Å². The second-order valence-corrected chi connectivity index (χ2v) is 2.33. The summed E-state index contributed by atoms with van der Waals surface area (Å²) in [5, 5.41) is 18.1. The maximum atomic E-state index is 9.07. The molecule has 0 aromatic heterocycles. The summed E-state index contributed by atoms with van der Waals surface area (Å²) < 4.78 is 0. The van der Waals surface area contributed by atoms with Gasteiger partial charge in [0.05, 0.1) is 12.2 Å². The molecule has 0 rings (SSSR count). The third kappa shape index (κ3) is 14.7. The van der Waals surface area contributed by atoms with E-state index in [-0.39, 0.29) is 0 Å². The number of aliphatic hydroxyl groups excluding tert-OH is 2. The van der Waals surface area contributed by atoms with E-state index in [2.05, 4.69) is 0 Å². The Hall–Kier alpha value is -0.0800. The van der Waals surface area contributed by atoms with Gasteiger partial charge in [0.1, 0.15) is 0 Å². The zero-order valence-corrected chi connectivity index (χ0v) is 10.2. The van der Waals surface area contributed by atoms with Gasteiger partial charge in [-0.05, 0) is 12.8 Å². The van der Waals surface area contributed by atoms with Crippen molar-refractivity contribution in [3.05, 3.63) is 0 Å². The van der Waals surface area contributed by atoms with Gasteiger partial charge in [0, 0.05) is 0 Å². The largest absolute Gasteiger partial charge is 0.390 e. The molecule has 0 heterocycles. The third-order valence-electron chi connectivity index (χ3n) is 1.45.